The van der Waals surface area contributed by atoms with Gasteiger partial charge in [-0.2, -0.15) is 0 Å². The van der Waals surface area contributed by atoms with Crippen LogP contribution in [-0.2, 0) is 15.8 Å². The van der Waals surface area contributed by atoms with Gasteiger partial charge in [-0.15, -0.1) is 11.3 Å². The van der Waals surface area contributed by atoms with Crippen LogP contribution < -0.4 is 9.62 Å². The SMILES string of the molecule is Cc1cccc(CS(=O)(=O)NC2CCN(c3nccs3)C2)c1. The minimum Gasteiger partial charge on any atom is -0.346 e. The van der Waals surface area contributed by atoms with Gasteiger partial charge in [-0.1, -0.05) is 29.8 Å². The van der Waals surface area contributed by atoms with E-state index in [9.17, 15) is 8.42 Å². The van der Waals surface area contributed by atoms with E-state index in [1.807, 2.05) is 36.6 Å². The number of hydrogen-bond acceptors (Lipinski definition) is 5. The van der Waals surface area contributed by atoms with Crippen LogP contribution in [0.25, 0.3) is 0 Å². The lowest BCUT2D eigenvalue weighted by Gasteiger charge is -2.16. The lowest BCUT2D eigenvalue weighted by molar-refractivity contribution is 0.560. The Labute approximate surface area is 135 Å². The fraction of sp³-hybridized carbons (Fsp3) is 0.400. The standard InChI is InChI=1S/C15H19N3O2S2/c1-12-3-2-4-13(9-12)11-22(19,20)17-14-5-7-18(10-14)15-16-6-8-21-15/h2-4,6,8-9,14,17H,5,7,10-11H2,1H3. The van der Waals surface area contributed by atoms with Crippen molar-refractivity contribution in [3.63, 3.8) is 0 Å². The topological polar surface area (TPSA) is 62.3 Å². The second-order valence-electron chi connectivity index (χ2n) is 5.61. The summed E-state index contributed by atoms with van der Waals surface area (Å²) in [7, 11) is -3.32. The molecule has 118 valence electrons. The highest BCUT2D eigenvalue weighted by Crippen LogP contribution is 2.22. The quantitative estimate of drug-likeness (QED) is 0.908. The van der Waals surface area contributed by atoms with E-state index in [-0.39, 0.29) is 11.8 Å². The molecule has 3 rings (SSSR count). The van der Waals surface area contributed by atoms with Gasteiger partial charge < -0.3 is 4.90 Å². The number of benzene rings is 1. The van der Waals surface area contributed by atoms with Crippen molar-refractivity contribution in [2.45, 2.75) is 25.1 Å². The van der Waals surface area contributed by atoms with Crippen LogP contribution in [0.4, 0.5) is 5.13 Å². The van der Waals surface area contributed by atoms with Crippen LogP contribution in [0.5, 0.6) is 0 Å². The van der Waals surface area contributed by atoms with Crippen LogP contribution in [-0.4, -0.2) is 32.5 Å². The zero-order chi connectivity index (χ0) is 15.6. The van der Waals surface area contributed by atoms with E-state index in [1.165, 1.54) is 0 Å². The zero-order valence-corrected chi connectivity index (χ0v) is 14.0. The first kappa shape index (κ1) is 15.5. The molecular formula is C15H19N3O2S2. The normalized spacial score (nSPS) is 18.8. The Balaban J connectivity index is 1.60. The van der Waals surface area contributed by atoms with Gasteiger partial charge >= 0.3 is 0 Å². The summed E-state index contributed by atoms with van der Waals surface area (Å²) in [5, 5.41) is 2.89. The average Bonchev–Trinajstić information content (AvgIpc) is 3.07. The molecule has 22 heavy (non-hydrogen) atoms. The average molecular weight is 337 g/mol. The summed E-state index contributed by atoms with van der Waals surface area (Å²) in [5.74, 6) is 0.0302. The number of nitrogens with one attached hydrogen (secondary N) is 1. The molecule has 0 amide bonds. The van der Waals surface area contributed by atoms with Crippen molar-refractivity contribution in [1.29, 1.82) is 0 Å². The largest absolute Gasteiger partial charge is 0.346 e. The first-order valence-electron chi connectivity index (χ1n) is 7.22. The van der Waals surface area contributed by atoms with E-state index >= 15 is 0 Å². The number of anilines is 1. The van der Waals surface area contributed by atoms with Crippen LogP contribution in [0.2, 0.25) is 0 Å². The van der Waals surface area contributed by atoms with Gasteiger partial charge in [-0.25, -0.2) is 18.1 Å². The predicted molar refractivity (Wildman–Crippen MR) is 89.7 cm³/mol. The molecule has 0 aliphatic carbocycles. The Morgan fingerprint density at radius 1 is 1.45 bits per heavy atom. The molecule has 0 bridgehead atoms. The molecule has 1 N–H and O–H groups in total. The third kappa shape index (κ3) is 3.85. The molecule has 1 unspecified atom stereocenters. The van der Waals surface area contributed by atoms with E-state index in [0.717, 1.165) is 29.2 Å². The summed E-state index contributed by atoms with van der Waals surface area (Å²) < 4.78 is 27.5. The molecule has 0 radical (unpaired) electrons. The summed E-state index contributed by atoms with van der Waals surface area (Å²) >= 11 is 1.58. The maximum atomic E-state index is 12.3. The third-order valence-corrected chi connectivity index (χ3v) is 5.90. The highest BCUT2D eigenvalue weighted by atomic mass is 32.2. The Hall–Kier alpha value is -1.44. The predicted octanol–water partition coefficient (Wildman–Crippen LogP) is 2.15. The Morgan fingerprint density at radius 2 is 2.32 bits per heavy atom. The summed E-state index contributed by atoms with van der Waals surface area (Å²) in [6.07, 6.45) is 2.59. The molecule has 1 aliphatic heterocycles. The molecule has 1 aromatic carbocycles. The molecule has 7 heteroatoms. The number of thiazole rings is 1. The smallest absolute Gasteiger partial charge is 0.216 e. The second-order valence-corrected chi connectivity index (χ2v) is 8.24. The molecule has 1 aliphatic rings. The van der Waals surface area contributed by atoms with Gasteiger partial charge in [0.2, 0.25) is 10.0 Å². The van der Waals surface area contributed by atoms with E-state index < -0.39 is 10.0 Å². The summed E-state index contributed by atoms with van der Waals surface area (Å²) in [4.78, 5) is 6.40. The minimum absolute atomic E-state index is 0.0302. The summed E-state index contributed by atoms with van der Waals surface area (Å²) in [6, 6.07) is 7.57. The molecule has 1 aromatic heterocycles. The Morgan fingerprint density at radius 3 is 3.05 bits per heavy atom. The van der Waals surface area contributed by atoms with Crippen LogP contribution in [0.1, 0.15) is 17.5 Å². The Bertz CT molecular complexity index is 729. The van der Waals surface area contributed by atoms with E-state index in [0.29, 0.717) is 6.54 Å². The fourth-order valence-corrected chi connectivity index (χ4v) is 4.80. The van der Waals surface area contributed by atoms with E-state index in [1.54, 1.807) is 17.5 Å². The number of aromatic nitrogens is 1. The molecule has 1 fully saturated rings. The molecule has 0 saturated carbocycles. The van der Waals surface area contributed by atoms with Crippen LogP contribution >= 0.6 is 11.3 Å². The molecule has 2 aromatic rings. The zero-order valence-electron chi connectivity index (χ0n) is 12.4. The van der Waals surface area contributed by atoms with Gasteiger partial charge in [0.25, 0.3) is 0 Å². The first-order valence-corrected chi connectivity index (χ1v) is 9.75. The number of sulfonamides is 1. The first-order chi connectivity index (χ1) is 10.5. The lowest BCUT2D eigenvalue weighted by atomic mass is 10.2. The van der Waals surface area contributed by atoms with Crippen LogP contribution in [0.3, 0.4) is 0 Å². The fourth-order valence-electron chi connectivity index (χ4n) is 2.72. The van der Waals surface area contributed by atoms with E-state index in [4.69, 9.17) is 0 Å². The molecule has 1 saturated heterocycles. The third-order valence-electron chi connectivity index (χ3n) is 3.66. The van der Waals surface area contributed by atoms with Crippen LogP contribution in [0, 0.1) is 6.92 Å². The van der Waals surface area contributed by atoms with Crippen molar-refractivity contribution in [3.05, 3.63) is 47.0 Å². The van der Waals surface area contributed by atoms with Gasteiger partial charge in [-0.3, -0.25) is 0 Å². The number of aryl methyl sites for hydroxylation is 1. The van der Waals surface area contributed by atoms with Gasteiger partial charge in [-0.05, 0) is 18.9 Å². The molecule has 5 nitrogen and oxygen atoms in total. The second kappa shape index (κ2) is 6.36. The molecule has 2 heterocycles. The highest BCUT2D eigenvalue weighted by Gasteiger charge is 2.27. The summed E-state index contributed by atoms with van der Waals surface area (Å²) in [6.45, 7) is 3.48. The van der Waals surface area contributed by atoms with Gasteiger partial charge in [0.05, 0.1) is 5.75 Å². The molecule has 1 atom stereocenters. The molecule has 0 spiro atoms. The lowest BCUT2D eigenvalue weighted by Crippen LogP contribution is -2.37. The highest BCUT2D eigenvalue weighted by molar-refractivity contribution is 7.88. The maximum Gasteiger partial charge on any atom is 0.216 e. The van der Waals surface area contributed by atoms with Crippen LogP contribution in [0.15, 0.2) is 35.8 Å². The van der Waals surface area contributed by atoms with Crippen molar-refractivity contribution in [3.8, 4) is 0 Å². The van der Waals surface area contributed by atoms with Crippen molar-refractivity contribution < 1.29 is 8.42 Å². The van der Waals surface area contributed by atoms with Crippen molar-refractivity contribution in [2.24, 2.45) is 0 Å². The van der Waals surface area contributed by atoms with Crippen molar-refractivity contribution in [1.82, 2.24) is 9.71 Å². The van der Waals surface area contributed by atoms with Gasteiger partial charge in [0.15, 0.2) is 5.13 Å². The number of rotatable bonds is 5. The number of hydrogen-bond donors (Lipinski definition) is 1. The Kier molecular flexibility index (Phi) is 4.46. The minimum atomic E-state index is -3.32. The van der Waals surface area contributed by atoms with Crippen molar-refractivity contribution in [2.75, 3.05) is 18.0 Å². The summed E-state index contributed by atoms with van der Waals surface area (Å²) in [5.41, 5.74) is 1.89. The monoisotopic (exact) mass is 337 g/mol. The van der Waals surface area contributed by atoms with Gasteiger partial charge in [0.1, 0.15) is 0 Å². The number of nitrogens with zero attached hydrogens (tertiary/aromatic N) is 2. The van der Waals surface area contributed by atoms with Gasteiger partial charge in [0, 0.05) is 30.7 Å². The van der Waals surface area contributed by atoms with E-state index in [2.05, 4.69) is 14.6 Å². The molecular weight excluding hydrogens is 318 g/mol. The maximum absolute atomic E-state index is 12.3. The van der Waals surface area contributed by atoms with Crippen molar-refractivity contribution >= 4 is 26.5 Å².